The maximum absolute atomic E-state index is 12.9. The van der Waals surface area contributed by atoms with Crippen LogP contribution in [0.2, 0.25) is 0 Å². The molecule has 2 amide bonds. The van der Waals surface area contributed by atoms with Crippen molar-refractivity contribution in [3.8, 4) is 11.5 Å². The average Bonchev–Trinajstić information content (AvgIpc) is 3.08. The molecule has 0 aromatic heterocycles. The number of anilines is 2. The largest absolute Gasteiger partial charge is 0.497 e. The summed E-state index contributed by atoms with van der Waals surface area (Å²) in [4.78, 5) is 25.8. The molecule has 0 unspecified atom stereocenters. The Kier molecular flexibility index (Phi) is 9.43. The van der Waals surface area contributed by atoms with Crippen LogP contribution in [0.1, 0.15) is 20.7 Å². The zero-order valence-corrected chi connectivity index (χ0v) is 24.0. The number of hydrogen-bond acceptors (Lipinski definition) is 8. The molecule has 0 fully saturated rings. The van der Waals surface area contributed by atoms with Crippen molar-refractivity contribution < 1.29 is 19.1 Å². The lowest BCUT2D eigenvalue weighted by atomic mass is 10.1. The Labute approximate surface area is 254 Å². The van der Waals surface area contributed by atoms with Crippen LogP contribution in [-0.4, -0.2) is 26.0 Å². The van der Waals surface area contributed by atoms with Gasteiger partial charge in [0, 0.05) is 22.5 Å². The third kappa shape index (κ3) is 7.98. The smallest absolute Gasteiger partial charge is 0.255 e. The van der Waals surface area contributed by atoms with Gasteiger partial charge in [-0.2, -0.15) is 20.5 Å². The second-order valence-electron chi connectivity index (χ2n) is 9.38. The van der Waals surface area contributed by atoms with E-state index in [2.05, 4.69) is 31.1 Å². The van der Waals surface area contributed by atoms with Crippen molar-refractivity contribution in [2.45, 2.75) is 0 Å². The van der Waals surface area contributed by atoms with Crippen molar-refractivity contribution in [3.05, 3.63) is 132 Å². The molecular formula is C34H28N6O4. The summed E-state index contributed by atoms with van der Waals surface area (Å²) in [6.45, 7) is 0. The first-order chi connectivity index (χ1) is 21.5. The first kappa shape index (κ1) is 29.3. The zero-order valence-electron chi connectivity index (χ0n) is 24.0. The number of rotatable bonds is 10. The maximum atomic E-state index is 12.9. The quantitative estimate of drug-likeness (QED) is 0.159. The number of amides is 2. The van der Waals surface area contributed by atoms with Crippen molar-refractivity contribution >= 4 is 45.9 Å². The summed E-state index contributed by atoms with van der Waals surface area (Å²) in [5, 5.41) is 22.5. The molecule has 5 rings (SSSR count). The highest BCUT2D eigenvalue weighted by atomic mass is 16.5. The molecular weight excluding hydrogens is 556 g/mol. The Hall–Kier alpha value is -6.16. The molecule has 0 aliphatic heterocycles. The van der Waals surface area contributed by atoms with Crippen LogP contribution in [0.5, 0.6) is 11.5 Å². The third-order valence-electron chi connectivity index (χ3n) is 6.34. The molecule has 0 bridgehead atoms. The van der Waals surface area contributed by atoms with E-state index in [9.17, 15) is 9.59 Å². The maximum Gasteiger partial charge on any atom is 0.255 e. The predicted molar refractivity (Wildman–Crippen MR) is 170 cm³/mol. The minimum Gasteiger partial charge on any atom is -0.497 e. The number of methoxy groups -OCH3 is 2. The zero-order chi connectivity index (χ0) is 30.7. The van der Waals surface area contributed by atoms with E-state index in [4.69, 9.17) is 9.47 Å². The highest BCUT2D eigenvalue weighted by Gasteiger charge is 2.12. The molecule has 2 N–H and O–H groups in total. The van der Waals surface area contributed by atoms with E-state index in [1.54, 1.807) is 111 Å². The number of ether oxygens (including phenoxy) is 2. The van der Waals surface area contributed by atoms with Crippen molar-refractivity contribution in [2.75, 3.05) is 24.9 Å². The molecule has 5 aromatic carbocycles. The monoisotopic (exact) mass is 584 g/mol. The molecule has 0 aliphatic carbocycles. The van der Waals surface area contributed by atoms with Crippen LogP contribution in [0, 0.1) is 0 Å². The highest BCUT2D eigenvalue weighted by Crippen LogP contribution is 2.24. The van der Waals surface area contributed by atoms with E-state index >= 15 is 0 Å². The number of nitrogens with zero attached hydrogens (tertiary/aromatic N) is 4. The Morgan fingerprint density at radius 2 is 0.795 bits per heavy atom. The first-order valence-electron chi connectivity index (χ1n) is 13.5. The van der Waals surface area contributed by atoms with E-state index in [-0.39, 0.29) is 11.8 Å². The molecule has 0 radical (unpaired) electrons. The van der Waals surface area contributed by atoms with Gasteiger partial charge in [-0.3, -0.25) is 9.59 Å². The molecule has 0 atom stereocenters. The summed E-state index contributed by atoms with van der Waals surface area (Å²) in [6, 6.07) is 34.9. The van der Waals surface area contributed by atoms with Gasteiger partial charge in [-0.1, -0.05) is 6.07 Å². The lowest BCUT2D eigenvalue weighted by Crippen LogP contribution is -2.15. The molecule has 0 saturated carbocycles. The number of benzene rings is 5. The second kappa shape index (κ2) is 14.1. The predicted octanol–water partition coefficient (Wildman–Crippen LogP) is 9.04. The van der Waals surface area contributed by atoms with Crippen molar-refractivity contribution in [1.82, 2.24) is 0 Å². The van der Waals surface area contributed by atoms with Crippen molar-refractivity contribution in [1.29, 1.82) is 0 Å². The van der Waals surface area contributed by atoms with Crippen LogP contribution in [0.15, 0.2) is 142 Å². The number of carbonyl (C=O) groups excluding carboxylic acids is 2. The Bertz CT molecular complexity index is 1650. The molecule has 0 spiro atoms. The summed E-state index contributed by atoms with van der Waals surface area (Å²) in [5.74, 6) is 0.787. The fourth-order valence-electron chi connectivity index (χ4n) is 3.96. The summed E-state index contributed by atoms with van der Waals surface area (Å²) < 4.78 is 10.3. The van der Waals surface area contributed by atoms with Gasteiger partial charge in [-0.15, -0.1) is 0 Å². The van der Waals surface area contributed by atoms with Crippen molar-refractivity contribution in [2.24, 2.45) is 20.5 Å². The fourth-order valence-corrected chi connectivity index (χ4v) is 3.96. The SMILES string of the molecule is COc1ccc(/N=N/c2ccc(NC(=O)c3cccc(C(=O)Nc4ccc(/N=N/c5ccc(OC)cc5)cc4)c3)cc2)cc1. The van der Waals surface area contributed by atoms with Crippen LogP contribution in [-0.2, 0) is 0 Å². The van der Waals surface area contributed by atoms with Crippen LogP contribution in [0.4, 0.5) is 34.1 Å². The van der Waals surface area contributed by atoms with Gasteiger partial charge < -0.3 is 20.1 Å². The van der Waals surface area contributed by atoms with E-state index in [1.807, 2.05) is 24.3 Å². The Balaban J connectivity index is 1.15. The fraction of sp³-hybridized carbons (Fsp3) is 0.0588. The molecule has 0 heterocycles. The molecule has 0 saturated heterocycles. The number of hydrogen-bond donors (Lipinski definition) is 2. The molecule has 44 heavy (non-hydrogen) atoms. The van der Waals surface area contributed by atoms with E-state index in [1.165, 1.54) is 0 Å². The third-order valence-corrected chi connectivity index (χ3v) is 6.34. The number of azo groups is 2. The van der Waals surface area contributed by atoms with Crippen molar-refractivity contribution in [3.63, 3.8) is 0 Å². The molecule has 10 nitrogen and oxygen atoms in total. The first-order valence-corrected chi connectivity index (χ1v) is 13.5. The minimum atomic E-state index is -0.348. The van der Waals surface area contributed by atoms with E-state index < -0.39 is 0 Å². The van der Waals surface area contributed by atoms with Gasteiger partial charge in [0.1, 0.15) is 11.5 Å². The number of carbonyl (C=O) groups is 2. The van der Waals surface area contributed by atoms with E-state index in [0.29, 0.717) is 45.3 Å². The summed E-state index contributed by atoms with van der Waals surface area (Å²) in [7, 11) is 3.21. The molecule has 218 valence electrons. The van der Waals surface area contributed by atoms with Gasteiger partial charge in [-0.05, 0) is 115 Å². The van der Waals surface area contributed by atoms with Gasteiger partial charge in [0.15, 0.2) is 0 Å². The van der Waals surface area contributed by atoms with Crippen LogP contribution in [0.25, 0.3) is 0 Å². The van der Waals surface area contributed by atoms with Crippen LogP contribution in [0.3, 0.4) is 0 Å². The normalized spacial score (nSPS) is 11.0. The molecule has 10 heteroatoms. The van der Waals surface area contributed by atoms with Gasteiger partial charge in [0.2, 0.25) is 0 Å². The topological polar surface area (TPSA) is 126 Å². The standard InChI is InChI=1S/C34H28N6O4/c1-43-31-18-14-29(15-19-31)39-37-27-10-6-25(7-11-27)35-33(41)23-4-3-5-24(22-23)34(42)36-26-8-12-28(13-9-26)38-40-30-16-20-32(44-2)21-17-30/h3-22H,1-2H3,(H,35,41)(H,36,42)/b39-37+,40-38+. The van der Waals surface area contributed by atoms with Gasteiger partial charge in [0.05, 0.1) is 37.0 Å². The lowest BCUT2D eigenvalue weighted by Gasteiger charge is -2.08. The van der Waals surface area contributed by atoms with E-state index in [0.717, 1.165) is 11.5 Å². The number of nitrogens with one attached hydrogen (secondary N) is 2. The highest BCUT2D eigenvalue weighted by molar-refractivity contribution is 6.08. The second-order valence-corrected chi connectivity index (χ2v) is 9.38. The van der Waals surface area contributed by atoms with Gasteiger partial charge >= 0.3 is 0 Å². The molecule has 5 aromatic rings. The summed E-state index contributed by atoms with van der Waals surface area (Å²) in [5.41, 5.74) is 4.49. The Morgan fingerprint density at radius 1 is 0.477 bits per heavy atom. The molecule has 0 aliphatic rings. The Morgan fingerprint density at radius 3 is 1.11 bits per heavy atom. The van der Waals surface area contributed by atoms with Gasteiger partial charge in [0.25, 0.3) is 11.8 Å². The summed E-state index contributed by atoms with van der Waals surface area (Å²) >= 11 is 0. The van der Waals surface area contributed by atoms with Gasteiger partial charge in [-0.25, -0.2) is 0 Å². The lowest BCUT2D eigenvalue weighted by molar-refractivity contribution is 0.102. The van der Waals surface area contributed by atoms with Crippen LogP contribution >= 0.6 is 0 Å². The average molecular weight is 585 g/mol. The van der Waals surface area contributed by atoms with Crippen LogP contribution < -0.4 is 20.1 Å². The minimum absolute atomic E-state index is 0.343. The summed E-state index contributed by atoms with van der Waals surface area (Å²) in [6.07, 6.45) is 0.